The molecule has 210 valence electrons. The van der Waals surface area contributed by atoms with Gasteiger partial charge in [-0.1, -0.05) is 71.0 Å². The topological polar surface area (TPSA) is 0 Å². The zero-order valence-electron chi connectivity index (χ0n) is 25.4. The summed E-state index contributed by atoms with van der Waals surface area (Å²) in [5.74, 6) is 50.7. The van der Waals surface area contributed by atoms with E-state index in [2.05, 4.69) is 107 Å². The van der Waals surface area contributed by atoms with Gasteiger partial charge < -0.3 is 0 Å². The van der Waals surface area contributed by atoms with Crippen molar-refractivity contribution in [2.45, 2.75) is 0 Å². The van der Waals surface area contributed by atoms with Gasteiger partial charge in [-0.3, -0.25) is 0 Å². The standard InChI is InChI=1S/C48H18/c1-7-37-25-38(8-2)29-43(28-37)19-13-16-22-46-34-47(23-17-14-20-44-30-39(9-3)26-40(10-4)31-44)36-48(35-46)24-18-15-21-45-32-41(11-5)27-42(12-6)33-45/h1-6,25-36H. The zero-order valence-corrected chi connectivity index (χ0v) is 25.4. The van der Waals surface area contributed by atoms with Crippen LogP contribution in [0.2, 0.25) is 0 Å². The SMILES string of the molecule is C#Cc1cc(C#C)cc(C#CC#Cc2cc(C#CC#Cc3cc(C#C)cc(C#C)c3)cc(C#CC#Cc3cc(C#C)cc(C#C)c3)c2)c1. The van der Waals surface area contributed by atoms with E-state index in [1.54, 1.807) is 54.6 Å². The number of rotatable bonds is 0. The van der Waals surface area contributed by atoms with Gasteiger partial charge in [0.1, 0.15) is 0 Å². The predicted molar refractivity (Wildman–Crippen MR) is 195 cm³/mol. The predicted octanol–water partition coefficient (Wildman–Crippen LogP) is 5.78. The maximum atomic E-state index is 5.53. The lowest BCUT2D eigenvalue weighted by molar-refractivity contribution is 1.55. The van der Waals surface area contributed by atoms with Crippen LogP contribution in [0.3, 0.4) is 0 Å². The van der Waals surface area contributed by atoms with Gasteiger partial charge in [-0.15, -0.1) is 38.5 Å². The molecule has 0 aliphatic carbocycles. The molecular weight excluding hydrogens is 577 g/mol. The Balaban J connectivity index is 1.69. The van der Waals surface area contributed by atoms with E-state index in [0.29, 0.717) is 66.8 Å². The number of terminal acetylenes is 6. The molecule has 0 saturated carbocycles. The third kappa shape index (κ3) is 9.56. The third-order valence-electron chi connectivity index (χ3n) is 6.16. The van der Waals surface area contributed by atoms with Crippen molar-refractivity contribution in [1.29, 1.82) is 0 Å². The monoisotopic (exact) mass is 594 g/mol. The van der Waals surface area contributed by atoms with Gasteiger partial charge in [-0.05, 0) is 108 Å². The quantitative estimate of drug-likeness (QED) is 0.227. The first-order valence-corrected chi connectivity index (χ1v) is 13.9. The highest BCUT2D eigenvalue weighted by molar-refractivity contribution is 5.58. The van der Waals surface area contributed by atoms with E-state index in [1.807, 2.05) is 18.2 Å². The average molecular weight is 595 g/mol. The Morgan fingerprint density at radius 2 is 0.333 bits per heavy atom. The first-order valence-electron chi connectivity index (χ1n) is 13.9. The Kier molecular flexibility index (Phi) is 11.1. The lowest BCUT2D eigenvalue weighted by Gasteiger charge is -1.97. The second kappa shape index (κ2) is 16.4. The highest BCUT2D eigenvalue weighted by Crippen LogP contribution is 2.11. The van der Waals surface area contributed by atoms with Crippen molar-refractivity contribution in [2.24, 2.45) is 0 Å². The van der Waals surface area contributed by atoms with Crippen molar-refractivity contribution in [3.05, 3.63) is 140 Å². The molecule has 48 heavy (non-hydrogen) atoms. The highest BCUT2D eigenvalue weighted by atomic mass is 14.0. The molecule has 0 nitrogen and oxygen atoms in total. The summed E-state index contributed by atoms with van der Waals surface area (Å²) in [7, 11) is 0. The summed E-state index contributed by atoms with van der Waals surface area (Å²) in [6, 6.07) is 21.3. The molecule has 0 fully saturated rings. The summed E-state index contributed by atoms with van der Waals surface area (Å²) < 4.78 is 0. The largest absolute Gasteiger partial charge is 0.115 e. The number of hydrogen-bond acceptors (Lipinski definition) is 0. The summed E-state index contributed by atoms with van der Waals surface area (Å²) in [4.78, 5) is 0. The molecule has 0 bridgehead atoms. The van der Waals surface area contributed by atoms with Gasteiger partial charge in [0.2, 0.25) is 0 Å². The van der Waals surface area contributed by atoms with E-state index >= 15 is 0 Å². The fraction of sp³-hybridized carbons (Fsp3) is 0. The molecule has 0 aromatic heterocycles. The lowest BCUT2D eigenvalue weighted by atomic mass is 10.1. The van der Waals surface area contributed by atoms with Crippen LogP contribution in [0.25, 0.3) is 0 Å². The molecule has 0 radical (unpaired) electrons. The molecule has 0 unspecified atom stereocenters. The van der Waals surface area contributed by atoms with Gasteiger partial charge in [0, 0.05) is 66.8 Å². The van der Waals surface area contributed by atoms with Crippen LogP contribution in [-0.2, 0) is 0 Å². The first kappa shape index (κ1) is 32.5. The van der Waals surface area contributed by atoms with Crippen molar-refractivity contribution in [1.82, 2.24) is 0 Å². The fourth-order valence-corrected chi connectivity index (χ4v) is 4.06. The van der Waals surface area contributed by atoms with Crippen molar-refractivity contribution in [3.63, 3.8) is 0 Å². The van der Waals surface area contributed by atoms with Crippen LogP contribution in [0.5, 0.6) is 0 Å². The Morgan fingerprint density at radius 3 is 0.479 bits per heavy atom. The molecule has 4 aromatic carbocycles. The van der Waals surface area contributed by atoms with E-state index in [-0.39, 0.29) is 0 Å². The van der Waals surface area contributed by atoms with E-state index in [4.69, 9.17) is 38.5 Å². The summed E-state index contributed by atoms with van der Waals surface area (Å²) >= 11 is 0. The second-order valence-electron chi connectivity index (χ2n) is 9.56. The minimum absolute atomic E-state index is 0.642. The first-order chi connectivity index (χ1) is 23.4. The summed E-state index contributed by atoms with van der Waals surface area (Å²) in [5, 5.41) is 0. The summed E-state index contributed by atoms with van der Waals surface area (Å²) in [5.41, 5.74) is 7.78. The molecule has 0 N–H and O–H groups in total. The summed E-state index contributed by atoms with van der Waals surface area (Å²) in [6.07, 6.45) is 33.2. The Bertz CT molecular complexity index is 2240. The van der Waals surface area contributed by atoms with E-state index in [9.17, 15) is 0 Å². The van der Waals surface area contributed by atoms with Crippen LogP contribution < -0.4 is 0 Å². The molecule has 0 aliphatic rings. The smallest absolute Gasteiger partial charge is 0.0280 e. The van der Waals surface area contributed by atoms with Crippen LogP contribution in [-0.4, -0.2) is 0 Å². The Morgan fingerprint density at radius 1 is 0.208 bits per heavy atom. The molecule has 0 saturated heterocycles. The maximum Gasteiger partial charge on any atom is 0.0280 e. The van der Waals surface area contributed by atoms with E-state index < -0.39 is 0 Å². The van der Waals surface area contributed by atoms with Gasteiger partial charge in [0.15, 0.2) is 0 Å². The van der Waals surface area contributed by atoms with Crippen LogP contribution in [0, 0.1) is 145 Å². The van der Waals surface area contributed by atoms with E-state index in [0.717, 1.165) is 0 Å². The molecule has 4 aromatic rings. The molecule has 0 spiro atoms. The van der Waals surface area contributed by atoms with Crippen LogP contribution in [0.4, 0.5) is 0 Å². The molecule has 0 heteroatoms. The molecule has 0 aliphatic heterocycles. The van der Waals surface area contributed by atoms with Crippen molar-refractivity contribution < 1.29 is 0 Å². The molecule has 0 amide bonds. The average Bonchev–Trinajstić information content (AvgIpc) is 3.13. The van der Waals surface area contributed by atoms with Crippen LogP contribution in [0.15, 0.2) is 72.8 Å². The maximum absolute atomic E-state index is 5.53. The summed E-state index contributed by atoms with van der Waals surface area (Å²) in [6.45, 7) is 0. The minimum atomic E-state index is 0.642. The lowest BCUT2D eigenvalue weighted by Crippen LogP contribution is -1.85. The van der Waals surface area contributed by atoms with Gasteiger partial charge >= 0.3 is 0 Å². The van der Waals surface area contributed by atoms with Gasteiger partial charge in [-0.25, -0.2) is 0 Å². The third-order valence-corrected chi connectivity index (χ3v) is 6.16. The normalized spacial score (nSPS) is 8.12. The molecule has 0 atom stereocenters. The minimum Gasteiger partial charge on any atom is -0.115 e. The number of benzene rings is 4. The van der Waals surface area contributed by atoms with Crippen LogP contribution >= 0.6 is 0 Å². The fourth-order valence-electron chi connectivity index (χ4n) is 4.06. The second-order valence-corrected chi connectivity index (χ2v) is 9.56. The van der Waals surface area contributed by atoms with Gasteiger partial charge in [0.05, 0.1) is 0 Å². The van der Waals surface area contributed by atoms with Crippen molar-refractivity contribution >= 4 is 0 Å². The van der Waals surface area contributed by atoms with Crippen molar-refractivity contribution in [3.8, 4) is 145 Å². The molecular formula is C48H18. The molecule has 0 heterocycles. The van der Waals surface area contributed by atoms with Gasteiger partial charge in [0.25, 0.3) is 0 Å². The van der Waals surface area contributed by atoms with E-state index in [1.165, 1.54) is 0 Å². The molecule has 4 rings (SSSR count). The van der Waals surface area contributed by atoms with Crippen LogP contribution in [0.1, 0.15) is 66.8 Å². The Labute approximate surface area is 283 Å². The Hall–Kier alpha value is -8.40. The van der Waals surface area contributed by atoms with Crippen molar-refractivity contribution in [2.75, 3.05) is 0 Å². The number of hydrogen-bond donors (Lipinski definition) is 0. The van der Waals surface area contributed by atoms with Gasteiger partial charge in [-0.2, -0.15) is 0 Å². The zero-order chi connectivity index (χ0) is 34.1. The highest BCUT2D eigenvalue weighted by Gasteiger charge is 1.99.